The summed E-state index contributed by atoms with van der Waals surface area (Å²) in [5.74, 6) is 1.95. The minimum Gasteiger partial charge on any atom is -0.497 e. The summed E-state index contributed by atoms with van der Waals surface area (Å²) >= 11 is 0. The Labute approximate surface area is 157 Å². The normalized spacial score (nSPS) is 15.3. The van der Waals surface area contributed by atoms with Crippen molar-refractivity contribution in [3.63, 3.8) is 0 Å². The molecular weight excluding hydrogens is 401 g/mol. The second kappa shape index (κ2) is 9.35. The Morgan fingerprint density at radius 2 is 1.83 bits per heavy atom. The third kappa shape index (κ3) is 5.55. The van der Waals surface area contributed by atoms with Crippen LogP contribution in [0, 0.1) is 0 Å². The predicted molar refractivity (Wildman–Crippen MR) is 108 cm³/mol. The summed E-state index contributed by atoms with van der Waals surface area (Å²) < 4.78 is 5.24. The molecule has 2 rings (SSSR count). The maximum atomic E-state index is 5.24. The van der Waals surface area contributed by atoms with Crippen molar-refractivity contribution >= 4 is 29.9 Å². The standard InChI is InChI=1S/C18H29N3O.HI/c1-5-19-17(21-12-6-7-13-21)20-14-18(2,3)15-8-10-16(22-4)11-9-15;/h8-11H,5-7,12-14H2,1-4H3,(H,19,20);1H. The number of hydrogen-bond donors (Lipinski definition) is 1. The first-order valence-electron chi connectivity index (χ1n) is 8.24. The molecule has 1 aromatic carbocycles. The minimum atomic E-state index is 0. The summed E-state index contributed by atoms with van der Waals surface area (Å²) in [6.07, 6.45) is 2.54. The van der Waals surface area contributed by atoms with Crippen LogP contribution in [0.4, 0.5) is 0 Å². The van der Waals surface area contributed by atoms with E-state index in [4.69, 9.17) is 9.73 Å². The lowest BCUT2D eigenvalue weighted by Gasteiger charge is -2.26. The highest BCUT2D eigenvalue weighted by atomic mass is 127. The summed E-state index contributed by atoms with van der Waals surface area (Å²) in [7, 11) is 1.70. The molecule has 0 aromatic heterocycles. The molecule has 0 unspecified atom stereocenters. The van der Waals surface area contributed by atoms with Gasteiger partial charge in [0.15, 0.2) is 5.96 Å². The molecule has 0 atom stereocenters. The summed E-state index contributed by atoms with van der Waals surface area (Å²) in [6.45, 7) is 10.5. The highest BCUT2D eigenvalue weighted by Crippen LogP contribution is 2.25. The Morgan fingerprint density at radius 1 is 1.22 bits per heavy atom. The number of guanidine groups is 1. The van der Waals surface area contributed by atoms with Gasteiger partial charge in [0.25, 0.3) is 0 Å². The molecule has 23 heavy (non-hydrogen) atoms. The number of likely N-dealkylation sites (tertiary alicyclic amines) is 1. The Kier molecular flexibility index (Phi) is 8.16. The third-order valence-electron chi connectivity index (χ3n) is 4.24. The van der Waals surface area contributed by atoms with E-state index in [2.05, 4.69) is 43.1 Å². The number of rotatable bonds is 5. The molecule has 130 valence electrons. The van der Waals surface area contributed by atoms with Gasteiger partial charge in [-0.15, -0.1) is 24.0 Å². The van der Waals surface area contributed by atoms with Crippen LogP contribution in [0.25, 0.3) is 0 Å². The molecule has 0 amide bonds. The van der Waals surface area contributed by atoms with Crippen LogP contribution in [0.3, 0.4) is 0 Å². The molecule has 0 spiro atoms. The van der Waals surface area contributed by atoms with Crippen molar-refractivity contribution < 1.29 is 4.74 Å². The monoisotopic (exact) mass is 431 g/mol. The van der Waals surface area contributed by atoms with Gasteiger partial charge in [-0.3, -0.25) is 4.99 Å². The Balaban J connectivity index is 0.00000264. The van der Waals surface area contributed by atoms with Crippen LogP contribution in [-0.4, -0.2) is 44.1 Å². The highest BCUT2D eigenvalue weighted by molar-refractivity contribution is 14.0. The van der Waals surface area contributed by atoms with Gasteiger partial charge in [0.05, 0.1) is 13.7 Å². The molecule has 1 aliphatic heterocycles. The number of aliphatic imine (C=N–C) groups is 1. The van der Waals surface area contributed by atoms with Gasteiger partial charge in [-0.2, -0.15) is 0 Å². The fourth-order valence-corrected chi connectivity index (χ4v) is 2.76. The predicted octanol–water partition coefficient (Wildman–Crippen LogP) is 3.65. The van der Waals surface area contributed by atoms with E-state index in [0.717, 1.165) is 37.9 Å². The molecule has 0 radical (unpaired) electrons. The number of halogens is 1. The van der Waals surface area contributed by atoms with E-state index in [0.29, 0.717) is 0 Å². The van der Waals surface area contributed by atoms with Gasteiger partial charge < -0.3 is 15.0 Å². The van der Waals surface area contributed by atoms with Crippen molar-refractivity contribution in [3.8, 4) is 5.75 Å². The van der Waals surface area contributed by atoms with Gasteiger partial charge in [-0.1, -0.05) is 26.0 Å². The molecule has 1 N–H and O–H groups in total. The molecule has 0 saturated carbocycles. The van der Waals surface area contributed by atoms with Gasteiger partial charge in [-0.05, 0) is 37.5 Å². The number of nitrogens with one attached hydrogen (secondary N) is 1. The van der Waals surface area contributed by atoms with Gasteiger partial charge in [0, 0.05) is 25.0 Å². The molecule has 4 nitrogen and oxygen atoms in total. The number of nitrogens with zero attached hydrogens (tertiary/aromatic N) is 2. The van der Waals surface area contributed by atoms with Crippen LogP contribution in [0.1, 0.15) is 39.2 Å². The highest BCUT2D eigenvalue weighted by Gasteiger charge is 2.22. The average Bonchev–Trinajstić information content (AvgIpc) is 3.05. The molecule has 1 aromatic rings. The smallest absolute Gasteiger partial charge is 0.193 e. The zero-order valence-electron chi connectivity index (χ0n) is 14.8. The second-order valence-electron chi connectivity index (χ2n) is 6.48. The van der Waals surface area contributed by atoms with Crippen molar-refractivity contribution in [2.45, 2.75) is 39.0 Å². The van der Waals surface area contributed by atoms with E-state index in [1.165, 1.54) is 18.4 Å². The lowest BCUT2D eigenvalue weighted by molar-refractivity contribution is 0.414. The number of methoxy groups -OCH3 is 1. The van der Waals surface area contributed by atoms with E-state index in [1.54, 1.807) is 7.11 Å². The van der Waals surface area contributed by atoms with Crippen molar-refractivity contribution in [2.75, 3.05) is 33.3 Å². The first-order valence-corrected chi connectivity index (χ1v) is 8.24. The SMILES string of the molecule is CCNC(=NCC(C)(C)c1ccc(OC)cc1)N1CCCC1.I. The first-order chi connectivity index (χ1) is 10.6. The number of ether oxygens (including phenoxy) is 1. The van der Waals surface area contributed by atoms with Crippen LogP contribution >= 0.6 is 24.0 Å². The van der Waals surface area contributed by atoms with E-state index in [1.807, 2.05) is 12.1 Å². The fraction of sp³-hybridized carbons (Fsp3) is 0.611. The van der Waals surface area contributed by atoms with Gasteiger partial charge in [-0.25, -0.2) is 0 Å². The zero-order valence-corrected chi connectivity index (χ0v) is 17.1. The number of hydrogen-bond acceptors (Lipinski definition) is 2. The Morgan fingerprint density at radius 3 is 2.35 bits per heavy atom. The van der Waals surface area contributed by atoms with E-state index >= 15 is 0 Å². The molecule has 0 aliphatic carbocycles. The number of benzene rings is 1. The molecule has 1 fully saturated rings. The lowest BCUT2D eigenvalue weighted by atomic mass is 9.85. The van der Waals surface area contributed by atoms with Gasteiger partial charge in [0.1, 0.15) is 5.75 Å². The van der Waals surface area contributed by atoms with E-state index in [-0.39, 0.29) is 29.4 Å². The summed E-state index contributed by atoms with van der Waals surface area (Å²) in [5, 5.41) is 3.42. The molecule has 5 heteroatoms. The second-order valence-corrected chi connectivity index (χ2v) is 6.48. The van der Waals surface area contributed by atoms with Crippen molar-refractivity contribution in [2.24, 2.45) is 4.99 Å². The topological polar surface area (TPSA) is 36.9 Å². The molecule has 1 saturated heterocycles. The van der Waals surface area contributed by atoms with Crippen LogP contribution < -0.4 is 10.1 Å². The lowest BCUT2D eigenvalue weighted by Crippen LogP contribution is -2.40. The van der Waals surface area contributed by atoms with Crippen molar-refractivity contribution in [1.82, 2.24) is 10.2 Å². The molecular formula is C18H30IN3O. The Hall–Kier alpha value is -0.980. The van der Waals surface area contributed by atoms with E-state index < -0.39 is 0 Å². The average molecular weight is 431 g/mol. The minimum absolute atomic E-state index is 0. The molecule has 1 heterocycles. The largest absolute Gasteiger partial charge is 0.497 e. The van der Waals surface area contributed by atoms with Crippen LogP contribution in [0.15, 0.2) is 29.3 Å². The Bertz CT molecular complexity index is 493. The maximum absolute atomic E-state index is 5.24. The van der Waals surface area contributed by atoms with Crippen molar-refractivity contribution in [1.29, 1.82) is 0 Å². The molecule has 0 bridgehead atoms. The van der Waals surface area contributed by atoms with Gasteiger partial charge >= 0.3 is 0 Å². The zero-order chi connectivity index (χ0) is 16.0. The van der Waals surface area contributed by atoms with Crippen LogP contribution in [-0.2, 0) is 5.41 Å². The van der Waals surface area contributed by atoms with Crippen LogP contribution in [0.2, 0.25) is 0 Å². The van der Waals surface area contributed by atoms with Crippen LogP contribution in [0.5, 0.6) is 5.75 Å². The fourth-order valence-electron chi connectivity index (χ4n) is 2.76. The van der Waals surface area contributed by atoms with E-state index in [9.17, 15) is 0 Å². The summed E-state index contributed by atoms with van der Waals surface area (Å²) in [6, 6.07) is 8.31. The first kappa shape index (κ1) is 20.1. The summed E-state index contributed by atoms with van der Waals surface area (Å²) in [4.78, 5) is 7.25. The summed E-state index contributed by atoms with van der Waals surface area (Å²) in [5.41, 5.74) is 1.29. The van der Waals surface area contributed by atoms with Gasteiger partial charge in [0.2, 0.25) is 0 Å². The maximum Gasteiger partial charge on any atom is 0.193 e. The quantitative estimate of drug-likeness (QED) is 0.439. The van der Waals surface area contributed by atoms with Crippen molar-refractivity contribution in [3.05, 3.63) is 29.8 Å². The third-order valence-corrected chi connectivity index (χ3v) is 4.24. The molecule has 1 aliphatic rings.